The van der Waals surface area contributed by atoms with Gasteiger partial charge >= 0.3 is 0 Å². The first-order valence-electron chi connectivity index (χ1n) is 8.86. The Kier molecular flexibility index (Phi) is 5.22. The van der Waals surface area contributed by atoms with Crippen molar-refractivity contribution >= 4 is 45.7 Å². The van der Waals surface area contributed by atoms with Crippen LogP contribution in [0.2, 0.25) is 10.0 Å². The topological polar surface area (TPSA) is 42.0 Å². The summed E-state index contributed by atoms with van der Waals surface area (Å²) in [4.78, 5) is 17.9. The lowest BCUT2D eigenvalue weighted by Crippen LogP contribution is -2.15. The number of nitrogens with zero attached hydrogens (tertiary/aromatic N) is 1. The summed E-state index contributed by atoms with van der Waals surface area (Å²) in [7, 11) is 0. The fourth-order valence-corrected chi connectivity index (χ4v) is 3.77. The van der Waals surface area contributed by atoms with Gasteiger partial charge in [-0.3, -0.25) is 4.79 Å². The van der Waals surface area contributed by atoms with Crippen molar-refractivity contribution in [1.29, 1.82) is 0 Å². The number of carbonyl (C=O) groups excluding carboxylic acids is 1. The first-order chi connectivity index (χ1) is 13.9. The van der Waals surface area contributed by atoms with E-state index in [1.165, 1.54) is 24.3 Å². The zero-order valence-electron chi connectivity index (χ0n) is 15.3. The van der Waals surface area contributed by atoms with Gasteiger partial charge in [0.05, 0.1) is 21.8 Å². The number of para-hydroxylation sites is 1. The molecule has 3 aromatic carbocycles. The molecule has 6 heteroatoms. The lowest BCUT2D eigenvalue weighted by Gasteiger charge is -2.15. The van der Waals surface area contributed by atoms with Crippen LogP contribution in [0.1, 0.15) is 15.9 Å². The van der Waals surface area contributed by atoms with E-state index < -0.39 is 0 Å². The largest absolute Gasteiger partial charge is 0.322 e. The third kappa shape index (κ3) is 3.82. The minimum absolute atomic E-state index is 0.306. The van der Waals surface area contributed by atoms with E-state index in [1.807, 2.05) is 31.2 Å². The number of halogens is 3. The highest BCUT2D eigenvalue weighted by molar-refractivity contribution is 6.36. The molecular weight excluding hydrogens is 410 g/mol. The van der Waals surface area contributed by atoms with Crippen molar-refractivity contribution in [1.82, 2.24) is 4.98 Å². The maximum absolute atomic E-state index is 13.2. The zero-order chi connectivity index (χ0) is 20.5. The number of rotatable bonds is 3. The second-order valence-corrected chi connectivity index (χ2v) is 7.41. The number of pyridine rings is 1. The predicted octanol–water partition coefficient (Wildman–Crippen LogP) is 6.91. The van der Waals surface area contributed by atoms with Gasteiger partial charge in [0.2, 0.25) is 0 Å². The average Bonchev–Trinajstić information content (AvgIpc) is 2.69. The highest BCUT2D eigenvalue weighted by atomic mass is 35.5. The maximum Gasteiger partial charge on any atom is 0.256 e. The van der Waals surface area contributed by atoms with Crippen molar-refractivity contribution in [2.45, 2.75) is 6.92 Å². The summed E-state index contributed by atoms with van der Waals surface area (Å²) in [5, 5.41) is 4.53. The number of benzene rings is 3. The van der Waals surface area contributed by atoms with E-state index in [1.54, 1.807) is 18.2 Å². The Hall–Kier alpha value is -2.95. The van der Waals surface area contributed by atoms with Gasteiger partial charge in [-0.15, -0.1) is 0 Å². The molecule has 1 heterocycles. The smallest absolute Gasteiger partial charge is 0.256 e. The molecule has 144 valence electrons. The van der Waals surface area contributed by atoms with Gasteiger partial charge in [0.15, 0.2) is 0 Å². The Morgan fingerprint density at radius 3 is 2.45 bits per heavy atom. The molecule has 0 aliphatic carbocycles. The standard InChI is InChI=1S/C23H15Cl2FN2O/c1-13-21(23(29)27-16-9-7-15(26)8-10-16)18-4-2-3-5-20(18)28-22(13)17-11-6-14(24)12-19(17)25/h2-12H,1H3,(H,27,29). The number of fused-ring (bicyclic) bond motifs is 1. The maximum atomic E-state index is 13.2. The summed E-state index contributed by atoms with van der Waals surface area (Å²) in [6.07, 6.45) is 0. The zero-order valence-corrected chi connectivity index (χ0v) is 16.9. The lowest BCUT2D eigenvalue weighted by molar-refractivity contribution is 0.102. The van der Waals surface area contributed by atoms with E-state index in [0.717, 1.165) is 5.39 Å². The van der Waals surface area contributed by atoms with Crippen molar-refractivity contribution in [3.05, 3.63) is 93.7 Å². The number of carbonyl (C=O) groups is 1. The van der Waals surface area contributed by atoms with Crippen LogP contribution in [0.4, 0.5) is 10.1 Å². The molecule has 0 radical (unpaired) electrons. The third-order valence-corrected chi connectivity index (χ3v) is 5.20. The molecule has 0 saturated heterocycles. The number of amides is 1. The summed E-state index contributed by atoms with van der Waals surface area (Å²) in [6, 6.07) is 18.2. The van der Waals surface area contributed by atoms with Crippen molar-refractivity contribution in [2.75, 3.05) is 5.32 Å². The number of anilines is 1. The Bertz CT molecular complexity index is 1240. The Balaban J connectivity index is 1.89. The van der Waals surface area contributed by atoms with Gasteiger partial charge in [0, 0.05) is 21.7 Å². The molecule has 4 aromatic rings. The molecule has 0 bridgehead atoms. The van der Waals surface area contributed by atoms with Crippen LogP contribution in [0.3, 0.4) is 0 Å². The minimum Gasteiger partial charge on any atom is -0.322 e. The molecule has 0 spiro atoms. The normalized spacial score (nSPS) is 10.9. The van der Waals surface area contributed by atoms with Crippen LogP contribution < -0.4 is 5.32 Å². The van der Waals surface area contributed by atoms with Gasteiger partial charge in [-0.2, -0.15) is 0 Å². The van der Waals surface area contributed by atoms with Gasteiger partial charge in [-0.1, -0.05) is 41.4 Å². The minimum atomic E-state index is -0.367. The molecular formula is C23H15Cl2FN2O. The lowest BCUT2D eigenvalue weighted by atomic mass is 9.97. The van der Waals surface area contributed by atoms with Crippen LogP contribution in [0, 0.1) is 12.7 Å². The van der Waals surface area contributed by atoms with E-state index in [0.29, 0.717) is 43.6 Å². The van der Waals surface area contributed by atoms with E-state index in [9.17, 15) is 9.18 Å². The van der Waals surface area contributed by atoms with Crippen LogP contribution >= 0.6 is 23.2 Å². The van der Waals surface area contributed by atoms with Crippen LogP contribution in [-0.4, -0.2) is 10.9 Å². The molecule has 1 aromatic heterocycles. The Labute approximate surface area is 177 Å². The van der Waals surface area contributed by atoms with Crippen molar-refractivity contribution in [2.24, 2.45) is 0 Å². The van der Waals surface area contributed by atoms with Crippen LogP contribution in [0.5, 0.6) is 0 Å². The van der Waals surface area contributed by atoms with Crippen molar-refractivity contribution in [3.8, 4) is 11.3 Å². The Morgan fingerprint density at radius 2 is 1.72 bits per heavy atom. The molecule has 0 aliphatic rings. The molecule has 0 fully saturated rings. The first kappa shape index (κ1) is 19.4. The monoisotopic (exact) mass is 424 g/mol. The summed E-state index contributed by atoms with van der Waals surface area (Å²) in [5.41, 5.74) is 3.64. The van der Waals surface area contributed by atoms with E-state index in [4.69, 9.17) is 28.2 Å². The molecule has 1 N–H and O–H groups in total. The van der Waals surface area contributed by atoms with Gasteiger partial charge in [0.1, 0.15) is 5.82 Å². The fraction of sp³-hybridized carbons (Fsp3) is 0.0435. The summed E-state index contributed by atoms with van der Waals surface area (Å²) in [6.45, 7) is 1.83. The molecule has 0 saturated carbocycles. The molecule has 0 unspecified atom stereocenters. The first-order valence-corrected chi connectivity index (χ1v) is 9.61. The number of nitrogens with one attached hydrogen (secondary N) is 1. The quantitative estimate of drug-likeness (QED) is 0.388. The van der Waals surface area contributed by atoms with Gasteiger partial charge in [-0.25, -0.2) is 9.37 Å². The second-order valence-electron chi connectivity index (χ2n) is 6.56. The molecule has 0 aliphatic heterocycles. The third-order valence-electron chi connectivity index (χ3n) is 4.65. The molecule has 1 amide bonds. The van der Waals surface area contributed by atoms with Gasteiger partial charge in [0.25, 0.3) is 5.91 Å². The average molecular weight is 425 g/mol. The molecule has 4 rings (SSSR count). The molecule has 3 nitrogen and oxygen atoms in total. The van der Waals surface area contributed by atoms with Crippen LogP contribution in [0.15, 0.2) is 66.7 Å². The highest BCUT2D eigenvalue weighted by Gasteiger charge is 2.20. The number of hydrogen-bond acceptors (Lipinski definition) is 2. The summed E-state index contributed by atoms with van der Waals surface area (Å²) in [5.74, 6) is -0.674. The number of hydrogen-bond donors (Lipinski definition) is 1. The fourth-order valence-electron chi connectivity index (χ4n) is 3.27. The number of aromatic nitrogens is 1. The van der Waals surface area contributed by atoms with Gasteiger partial charge < -0.3 is 5.32 Å². The SMILES string of the molecule is Cc1c(-c2ccc(Cl)cc2Cl)nc2ccccc2c1C(=O)Nc1ccc(F)cc1. The second kappa shape index (κ2) is 7.82. The van der Waals surface area contributed by atoms with Crippen LogP contribution in [0.25, 0.3) is 22.2 Å². The van der Waals surface area contributed by atoms with E-state index in [2.05, 4.69) is 5.32 Å². The summed E-state index contributed by atoms with van der Waals surface area (Å²) >= 11 is 12.4. The summed E-state index contributed by atoms with van der Waals surface area (Å²) < 4.78 is 13.2. The van der Waals surface area contributed by atoms with Crippen molar-refractivity contribution in [3.63, 3.8) is 0 Å². The van der Waals surface area contributed by atoms with E-state index >= 15 is 0 Å². The van der Waals surface area contributed by atoms with Gasteiger partial charge in [-0.05, 0) is 61.0 Å². The van der Waals surface area contributed by atoms with Crippen molar-refractivity contribution < 1.29 is 9.18 Å². The molecule has 29 heavy (non-hydrogen) atoms. The molecule has 0 atom stereocenters. The predicted molar refractivity (Wildman–Crippen MR) is 116 cm³/mol. The Morgan fingerprint density at radius 1 is 1.00 bits per heavy atom. The van der Waals surface area contributed by atoms with E-state index in [-0.39, 0.29) is 11.7 Å². The van der Waals surface area contributed by atoms with Crippen LogP contribution in [-0.2, 0) is 0 Å². The highest BCUT2D eigenvalue weighted by Crippen LogP contribution is 2.35.